The topological polar surface area (TPSA) is 41.0 Å². The first kappa shape index (κ1) is 9.40. The van der Waals surface area contributed by atoms with Gasteiger partial charge in [0.05, 0.1) is 5.69 Å². The van der Waals surface area contributed by atoms with Crippen LogP contribution in [0.3, 0.4) is 0 Å². The second kappa shape index (κ2) is 3.92. The van der Waals surface area contributed by atoms with Crippen molar-refractivity contribution in [1.29, 1.82) is 0 Å². The van der Waals surface area contributed by atoms with Crippen LogP contribution >= 0.6 is 0 Å². The standard InChI is InChI=1S/C10H16N4/c1-8-10(13-5-4-12-8)14-6-3-9(7-14)11-2/h4-5,9,11H,3,6-7H2,1-2H3. The number of nitrogens with one attached hydrogen (secondary N) is 1. The van der Waals surface area contributed by atoms with Crippen LogP contribution in [0.1, 0.15) is 12.1 Å². The zero-order valence-electron chi connectivity index (χ0n) is 8.70. The molecular formula is C10H16N4. The lowest BCUT2D eigenvalue weighted by atomic mass is 10.3. The first-order chi connectivity index (χ1) is 6.81. The van der Waals surface area contributed by atoms with Crippen LogP contribution in [0.2, 0.25) is 0 Å². The smallest absolute Gasteiger partial charge is 0.150 e. The van der Waals surface area contributed by atoms with Crippen molar-refractivity contribution in [2.75, 3.05) is 25.0 Å². The Balaban J connectivity index is 2.13. The van der Waals surface area contributed by atoms with Gasteiger partial charge in [-0.2, -0.15) is 0 Å². The monoisotopic (exact) mass is 192 g/mol. The number of rotatable bonds is 2. The highest BCUT2D eigenvalue weighted by Crippen LogP contribution is 2.19. The van der Waals surface area contributed by atoms with E-state index in [1.165, 1.54) is 6.42 Å². The summed E-state index contributed by atoms with van der Waals surface area (Å²) in [6.07, 6.45) is 4.69. The molecule has 0 amide bonds. The number of hydrogen-bond donors (Lipinski definition) is 1. The predicted octanol–water partition coefficient (Wildman–Crippen LogP) is 0.583. The van der Waals surface area contributed by atoms with Gasteiger partial charge in [0.2, 0.25) is 0 Å². The lowest BCUT2D eigenvalue weighted by Gasteiger charge is -2.18. The summed E-state index contributed by atoms with van der Waals surface area (Å²) in [5.74, 6) is 1.03. The van der Waals surface area contributed by atoms with Gasteiger partial charge in [0.15, 0.2) is 0 Å². The predicted molar refractivity (Wildman–Crippen MR) is 56.4 cm³/mol. The number of aryl methyl sites for hydroxylation is 1. The van der Waals surface area contributed by atoms with E-state index in [0.717, 1.165) is 24.6 Å². The zero-order chi connectivity index (χ0) is 9.97. The van der Waals surface area contributed by atoms with Crippen molar-refractivity contribution >= 4 is 5.82 Å². The van der Waals surface area contributed by atoms with E-state index in [9.17, 15) is 0 Å². The number of anilines is 1. The average molecular weight is 192 g/mol. The molecule has 1 atom stereocenters. The Morgan fingerprint density at radius 1 is 1.43 bits per heavy atom. The third kappa shape index (κ3) is 1.70. The molecule has 0 spiro atoms. The summed E-state index contributed by atoms with van der Waals surface area (Å²) in [7, 11) is 2.01. The first-order valence-electron chi connectivity index (χ1n) is 5.01. The van der Waals surface area contributed by atoms with Gasteiger partial charge in [-0.1, -0.05) is 0 Å². The Morgan fingerprint density at radius 3 is 2.86 bits per heavy atom. The second-order valence-electron chi connectivity index (χ2n) is 3.69. The molecule has 0 bridgehead atoms. The summed E-state index contributed by atoms with van der Waals surface area (Å²) >= 11 is 0. The Kier molecular flexibility index (Phi) is 2.63. The molecule has 1 aromatic rings. The van der Waals surface area contributed by atoms with E-state index in [2.05, 4.69) is 20.2 Å². The fourth-order valence-corrected chi connectivity index (χ4v) is 1.90. The zero-order valence-corrected chi connectivity index (χ0v) is 8.70. The summed E-state index contributed by atoms with van der Waals surface area (Å²) in [6.45, 7) is 4.12. The van der Waals surface area contributed by atoms with Crippen molar-refractivity contribution < 1.29 is 0 Å². The van der Waals surface area contributed by atoms with E-state index in [1.807, 2.05) is 14.0 Å². The van der Waals surface area contributed by atoms with Crippen molar-refractivity contribution in [3.8, 4) is 0 Å². The van der Waals surface area contributed by atoms with Crippen LogP contribution in [-0.4, -0.2) is 36.1 Å². The molecule has 0 saturated carbocycles. The minimum absolute atomic E-state index is 0.594. The van der Waals surface area contributed by atoms with Crippen molar-refractivity contribution in [2.24, 2.45) is 0 Å². The van der Waals surface area contributed by atoms with E-state index in [0.29, 0.717) is 6.04 Å². The van der Waals surface area contributed by atoms with Crippen molar-refractivity contribution in [2.45, 2.75) is 19.4 Å². The molecule has 1 aliphatic rings. The van der Waals surface area contributed by atoms with Crippen LogP contribution in [0.4, 0.5) is 5.82 Å². The summed E-state index contributed by atoms with van der Waals surface area (Å²) in [6, 6.07) is 0.594. The minimum atomic E-state index is 0.594. The maximum absolute atomic E-state index is 4.36. The highest BCUT2D eigenvalue weighted by molar-refractivity contribution is 5.43. The maximum Gasteiger partial charge on any atom is 0.150 e. The molecular weight excluding hydrogens is 176 g/mol. The molecule has 2 rings (SSSR count). The van der Waals surface area contributed by atoms with Gasteiger partial charge in [0.25, 0.3) is 0 Å². The van der Waals surface area contributed by atoms with Crippen LogP contribution in [0.5, 0.6) is 0 Å². The fraction of sp³-hybridized carbons (Fsp3) is 0.600. The van der Waals surface area contributed by atoms with Crippen LogP contribution in [0, 0.1) is 6.92 Å². The number of likely N-dealkylation sites (N-methyl/N-ethyl adjacent to an activating group) is 1. The molecule has 1 unspecified atom stereocenters. The molecule has 4 nitrogen and oxygen atoms in total. The van der Waals surface area contributed by atoms with Crippen molar-refractivity contribution in [3.63, 3.8) is 0 Å². The summed E-state index contributed by atoms with van der Waals surface area (Å²) < 4.78 is 0. The van der Waals surface area contributed by atoms with Gasteiger partial charge < -0.3 is 10.2 Å². The Hall–Kier alpha value is -1.16. The Labute approximate surface area is 84.4 Å². The van der Waals surface area contributed by atoms with Gasteiger partial charge in [-0.25, -0.2) is 4.98 Å². The molecule has 4 heteroatoms. The molecule has 14 heavy (non-hydrogen) atoms. The normalized spacial score (nSPS) is 21.6. The van der Waals surface area contributed by atoms with Gasteiger partial charge in [-0.3, -0.25) is 4.98 Å². The summed E-state index contributed by atoms with van der Waals surface area (Å²) in [5, 5.41) is 3.29. The van der Waals surface area contributed by atoms with E-state index >= 15 is 0 Å². The molecule has 2 heterocycles. The van der Waals surface area contributed by atoms with Crippen LogP contribution < -0.4 is 10.2 Å². The van der Waals surface area contributed by atoms with E-state index in [4.69, 9.17) is 0 Å². The van der Waals surface area contributed by atoms with Gasteiger partial charge >= 0.3 is 0 Å². The molecule has 1 aliphatic heterocycles. The third-order valence-electron chi connectivity index (χ3n) is 2.75. The lowest BCUT2D eigenvalue weighted by molar-refractivity contribution is 0.616. The first-order valence-corrected chi connectivity index (χ1v) is 5.01. The molecule has 1 saturated heterocycles. The second-order valence-corrected chi connectivity index (χ2v) is 3.69. The van der Waals surface area contributed by atoms with Crippen molar-refractivity contribution in [3.05, 3.63) is 18.1 Å². The Morgan fingerprint density at radius 2 is 2.21 bits per heavy atom. The molecule has 1 fully saturated rings. The van der Waals surface area contributed by atoms with E-state index in [1.54, 1.807) is 12.4 Å². The van der Waals surface area contributed by atoms with Crippen molar-refractivity contribution in [1.82, 2.24) is 15.3 Å². The van der Waals surface area contributed by atoms with Crippen LogP contribution in [0.25, 0.3) is 0 Å². The molecule has 1 N–H and O–H groups in total. The molecule has 0 aliphatic carbocycles. The molecule has 0 radical (unpaired) electrons. The van der Waals surface area contributed by atoms with Crippen LogP contribution in [-0.2, 0) is 0 Å². The largest absolute Gasteiger partial charge is 0.353 e. The van der Waals surface area contributed by atoms with Gasteiger partial charge in [-0.05, 0) is 20.4 Å². The molecule has 0 aromatic carbocycles. The number of hydrogen-bond acceptors (Lipinski definition) is 4. The van der Waals surface area contributed by atoms with E-state index in [-0.39, 0.29) is 0 Å². The van der Waals surface area contributed by atoms with E-state index < -0.39 is 0 Å². The highest BCUT2D eigenvalue weighted by atomic mass is 15.2. The summed E-state index contributed by atoms with van der Waals surface area (Å²) in [5.41, 5.74) is 1.02. The SMILES string of the molecule is CNC1CCN(c2nccnc2C)C1. The third-order valence-corrected chi connectivity index (χ3v) is 2.75. The Bertz CT molecular complexity index is 313. The molecule has 1 aromatic heterocycles. The average Bonchev–Trinajstić information content (AvgIpc) is 2.67. The van der Waals surface area contributed by atoms with Crippen LogP contribution in [0.15, 0.2) is 12.4 Å². The van der Waals surface area contributed by atoms with Gasteiger partial charge in [0, 0.05) is 31.5 Å². The fourth-order valence-electron chi connectivity index (χ4n) is 1.90. The number of nitrogens with zero attached hydrogens (tertiary/aromatic N) is 3. The minimum Gasteiger partial charge on any atom is -0.353 e. The lowest BCUT2D eigenvalue weighted by Crippen LogP contribution is -2.30. The quantitative estimate of drug-likeness (QED) is 0.744. The maximum atomic E-state index is 4.36. The highest BCUT2D eigenvalue weighted by Gasteiger charge is 2.22. The number of aromatic nitrogens is 2. The molecule has 76 valence electrons. The van der Waals surface area contributed by atoms with Gasteiger partial charge in [0.1, 0.15) is 5.82 Å². The summed E-state index contributed by atoms with van der Waals surface area (Å²) in [4.78, 5) is 10.9. The van der Waals surface area contributed by atoms with Gasteiger partial charge in [-0.15, -0.1) is 0 Å².